The third-order valence-corrected chi connectivity index (χ3v) is 5.83. The van der Waals surface area contributed by atoms with Gasteiger partial charge in [-0.25, -0.2) is 9.97 Å². The Balaban J connectivity index is 1.48. The van der Waals surface area contributed by atoms with Gasteiger partial charge >= 0.3 is 0 Å². The van der Waals surface area contributed by atoms with E-state index in [4.69, 9.17) is 4.98 Å². The summed E-state index contributed by atoms with van der Waals surface area (Å²) in [5, 5.41) is 4.30. The van der Waals surface area contributed by atoms with Crippen molar-refractivity contribution in [2.75, 3.05) is 26.7 Å². The minimum absolute atomic E-state index is 0.131. The second-order valence-corrected chi connectivity index (χ2v) is 7.90. The van der Waals surface area contributed by atoms with Gasteiger partial charge in [0.1, 0.15) is 11.9 Å². The molecule has 144 valence electrons. The number of carbonyl (C=O) groups is 1. The maximum atomic E-state index is 13.0. The number of hydrogen-bond acceptors (Lipinski definition) is 5. The van der Waals surface area contributed by atoms with E-state index in [2.05, 4.69) is 22.0 Å². The van der Waals surface area contributed by atoms with Crippen molar-refractivity contribution in [3.05, 3.63) is 41.2 Å². The van der Waals surface area contributed by atoms with Gasteiger partial charge in [-0.15, -0.1) is 0 Å². The van der Waals surface area contributed by atoms with Gasteiger partial charge < -0.3 is 9.80 Å². The second-order valence-electron chi connectivity index (χ2n) is 7.90. The molecule has 7 nitrogen and oxygen atoms in total. The molecule has 1 saturated heterocycles. The van der Waals surface area contributed by atoms with Crippen molar-refractivity contribution < 1.29 is 4.79 Å². The van der Waals surface area contributed by atoms with E-state index in [1.54, 1.807) is 10.9 Å². The molecule has 2 aromatic heterocycles. The number of likely N-dealkylation sites (N-methyl/N-ethyl adjacent to an activating group) is 1. The van der Waals surface area contributed by atoms with E-state index in [-0.39, 0.29) is 17.9 Å². The van der Waals surface area contributed by atoms with Crippen LogP contribution < -0.4 is 0 Å². The highest BCUT2D eigenvalue weighted by atomic mass is 16.2. The highest BCUT2D eigenvalue weighted by molar-refractivity contribution is 5.80. The molecule has 2 aromatic rings. The predicted octanol–water partition coefficient (Wildman–Crippen LogP) is 1.94. The number of rotatable bonds is 3. The number of aromatic nitrogens is 4. The molecule has 2 aliphatic heterocycles. The molecule has 7 heteroatoms. The van der Waals surface area contributed by atoms with Crippen molar-refractivity contribution in [1.29, 1.82) is 0 Å². The minimum Gasteiger partial charge on any atom is -0.340 e. The summed E-state index contributed by atoms with van der Waals surface area (Å²) in [6.07, 6.45) is 6.74. The number of fused-ring (bicyclic) bond motifs is 1. The molecular weight excluding hydrogens is 340 g/mol. The van der Waals surface area contributed by atoms with Gasteiger partial charge in [0, 0.05) is 67.9 Å². The smallest absolute Gasteiger partial charge is 0.247 e. The first-order valence-corrected chi connectivity index (χ1v) is 9.85. The van der Waals surface area contributed by atoms with Gasteiger partial charge in [-0.05, 0) is 39.8 Å². The van der Waals surface area contributed by atoms with Crippen LogP contribution in [0.1, 0.15) is 54.5 Å². The molecule has 0 N–H and O–H groups in total. The monoisotopic (exact) mass is 368 g/mol. The second kappa shape index (κ2) is 7.38. The zero-order chi connectivity index (χ0) is 19.0. The van der Waals surface area contributed by atoms with Crippen LogP contribution in [-0.4, -0.2) is 62.1 Å². The van der Waals surface area contributed by atoms with E-state index in [1.165, 1.54) is 11.3 Å². The Morgan fingerprint density at radius 3 is 2.96 bits per heavy atom. The molecule has 0 radical (unpaired) electrons. The molecular formula is C20H28N6O. The van der Waals surface area contributed by atoms with Gasteiger partial charge in [-0.2, -0.15) is 5.10 Å². The number of carbonyl (C=O) groups excluding carboxylic acids is 1. The molecule has 0 unspecified atom stereocenters. The molecule has 4 heterocycles. The normalized spacial score (nSPS) is 21.7. The van der Waals surface area contributed by atoms with Crippen LogP contribution in [0.15, 0.2) is 18.5 Å². The Kier molecular flexibility index (Phi) is 4.95. The fourth-order valence-corrected chi connectivity index (χ4v) is 4.21. The number of hydrogen-bond donors (Lipinski definition) is 0. The van der Waals surface area contributed by atoms with Crippen LogP contribution in [0.25, 0.3) is 0 Å². The van der Waals surface area contributed by atoms with Crippen LogP contribution in [-0.2, 0) is 17.8 Å². The first kappa shape index (κ1) is 18.1. The molecule has 0 spiro atoms. The highest BCUT2D eigenvalue weighted by Crippen LogP contribution is 2.27. The van der Waals surface area contributed by atoms with Crippen molar-refractivity contribution in [2.24, 2.45) is 0 Å². The van der Waals surface area contributed by atoms with E-state index < -0.39 is 0 Å². The zero-order valence-corrected chi connectivity index (χ0v) is 16.4. The van der Waals surface area contributed by atoms with Crippen LogP contribution in [0.5, 0.6) is 0 Å². The van der Waals surface area contributed by atoms with Gasteiger partial charge in [-0.1, -0.05) is 0 Å². The molecule has 0 aliphatic carbocycles. The Bertz CT molecular complexity index is 832. The van der Waals surface area contributed by atoms with Crippen molar-refractivity contribution in [2.45, 2.75) is 51.6 Å². The lowest BCUT2D eigenvalue weighted by Gasteiger charge is -2.34. The number of nitrogens with zero attached hydrogens (tertiary/aromatic N) is 6. The first-order valence-electron chi connectivity index (χ1n) is 9.85. The molecule has 2 atom stereocenters. The molecule has 27 heavy (non-hydrogen) atoms. The maximum absolute atomic E-state index is 13.0. The van der Waals surface area contributed by atoms with Crippen LogP contribution in [0.2, 0.25) is 0 Å². The van der Waals surface area contributed by atoms with Gasteiger partial charge in [0.05, 0.1) is 0 Å². The lowest BCUT2D eigenvalue weighted by molar-refractivity contribution is -0.135. The summed E-state index contributed by atoms with van der Waals surface area (Å²) >= 11 is 0. The van der Waals surface area contributed by atoms with Crippen molar-refractivity contribution in [3.63, 3.8) is 0 Å². The van der Waals surface area contributed by atoms with Crippen LogP contribution >= 0.6 is 0 Å². The average molecular weight is 368 g/mol. The maximum Gasteiger partial charge on any atom is 0.247 e. The molecule has 1 amide bonds. The Morgan fingerprint density at radius 2 is 2.19 bits per heavy atom. The van der Waals surface area contributed by atoms with E-state index in [0.717, 1.165) is 50.4 Å². The predicted molar refractivity (Wildman–Crippen MR) is 102 cm³/mol. The highest BCUT2D eigenvalue weighted by Gasteiger charge is 2.30. The molecule has 1 fully saturated rings. The number of piperidine rings is 1. The standard InChI is InChI=1S/C20H28N6O/c1-14-6-8-22-26(14)15(2)20(27)25-9-4-5-16(13-25)19-21-11-17-12-24(3)10-7-18(17)23-19/h6,8,11,15-16H,4-5,7,9-10,12-13H2,1-3H3/t15-,16+/m0/s1. The largest absolute Gasteiger partial charge is 0.340 e. The summed E-state index contributed by atoms with van der Waals surface area (Å²) < 4.78 is 1.80. The summed E-state index contributed by atoms with van der Waals surface area (Å²) in [7, 11) is 2.13. The summed E-state index contributed by atoms with van der Waals surface area (Å²) in [4.78, 5) is 26.8. The van der Waals surface area contributed by atoms with Crippen LogP contribution in [0, 0.1) is 6.92 Å². The molecule has 0 aromatic carbocycles. The molecule has 4 rings (SSSR count). The number of likely N-dealkylation sites (tertiary alicyclic amines) is 1. The Morgan fingerprint density at radius 1 is 1.33 bits per heavy atom. The van der Waals surface area contributed by atoms with Crippen LogP contribution in [0.3, 0.4) is 0 Å². The fourth-order valence-electron chi connectivity index (χ4n) is 4.21. The summed E-state index contributed by atoms with van der Waals surface area (Å²) in [5.74, 6) is 1.25. The lowest BCUT2D eigenvalue weighted by atomic mass is 9.96. The van der Waals surface area contributed by atoms with Crippen LogP contribution in [0.4, 0.5) is 0 Å². The lowest BCUT2D eigenvalue weighted by Crippen LogP contribution is -2.43. The van der Waals surface area contributed by atoms with Crippen molar-refractivity contribution in [1.82, 2.24) is 29.5 Å². The average Bonchev–Trinajstić information content (AvgIpc) is 3.12. The third kappa shape index (κ3) is 3.60. The third-order valence-electron chi connectivity index (χ3n) is 5.83. The fraction of sp³-hybridized carbons (Fsp3) is 0.600. The minimum atomic E-state index is -0.279. The van der Waals surface area contributed by atoms with Gasteiger partial charge in [-0.3, -0.25) is 9.48 Å². The van der Waals surface area contributed by atoms with Gasteiger partial charge in [0.15, 0.2) is 0 Å². The number of aryl methyl sites for hydroxylation is 1. The van der Waals surface area contributed by atoms with E-state index in [0.29, 0.717) is 6.54 Å². The van der Waals surface area contributed by atoms with Gasteiger partial charge in [0.2, 0.25) is 5.91 Å². The summed E-state index contributed by atoms with van der Waals surface area (Å²) in [5.41, 5.74) is 3.42. The SMILES string of the molecule is Cc1ccnn1[C@@H](C)C(=O)N1CCC[C@@H](c2ncc3c(n2)CCN(C)C3)C1. The molecule has 0 bridgehead atoms. The van der Waals surface area contributed by atoms with E-state index in [9.17, 15) is 4.79 Å². The quantitative estimate of drug-likeness (QED) is 0.828. The number of amides is 1. The van der Waals surface area contributed by atoms with Crippen molar-refractivity contribution >= 4 is 5.91 Å². The summed E-state index contributed by atoms with van der Waals surface area (Å²) in [6.45, 7) is 7.37. The zero-order valence-electron chi connectivity index (χ0n) is 16.4. The van der Waals surface area contributed by atoms with E-state index in [1.807, 2.05) is 31.0 Å². The topological polar surface area (TPSA) is 67.2 Å². The molecule has 0 saturated carbocycles. The Labute approximate surface area is 160 Å². The van der Waals surface area contributed by atoms with Gasteiger partial charge in [0.25, 0.3) is 0 Å². The summed E-state index contributed by atoms with van der Waals surface area (Å²) in [6, 6.07) is 1.65. The Hall–Kier alpha value is -2.28. The van der Waals surface area contributed by atoms with E-state index >= 15 is 0 Å². The first-order chi connectivity index (χ1) is 13.0. The molecule has 2 aliphatic rings. The van der Waals surface area contributed by atoms with Crippen molar-refractivity contribution in [3.8, 4) is 0 Å².